The van der Waals surface area contributed by atoms with E-state index < -0.39 is 5.60 Å². The van der Waals surface area contributed by atoms with Crippen LogP contribution < -0.4 is 4.90 Å². The summed E-state index contributed by atoms with van der Waals surface area (Å²) in [5, 5.41) is 11.1. The molecule has 1 fully saturated rings. The van der Waals surface area contributed by atoms with E-state index in [-0.39, 0.29) is 12.3 Å². The molecule has 1 aliphatic carbocycles. The van der Waals surface area contributed by atoms with Crippen LogP contribution >= 0.6 is 11.6 Å². The summed E-state index contributed by atoms with van der Waals surface area (Å²) in [4.78, 5) is 14.2. The highest BCUT2D eigenvalue weighted by Gasteiger charge is 2.36. The molecule has 3 nitrogen and oxygen atoms in total. The fourth-order valence-electron chi connectivity index (χ4n) is 3.24. The monoisotopic (exact) mass is 279 g/mol. The van der Waals surface area contributed by atoms with Gasteiger partial charge in [0.25, 0.3) is 0 Å². The van der Waals surface area contributed by atoms with Crippen molar-refractivity contribution in [1.82, 2.24) is 0 Å². The number of carbonyl (C=O) groups excluding carboxylic acids is 1. The van der Waals surface area contributed by atoms with Gasteiger partial charge in [0.2, 0.25) is 5.91 Å². The van der Waals surface area contributed by atoms with Gasteiger partial charge in [0.1, 0.15) is 0 Å². The van der Waals surface area contributed by atoms with Crippen LogP contribution in [0, 0.1) is 0 Å². The Hall–Kier alpha value is -1.06. The van der Waals surface area contributed by atoms with Gasteiger partial charge in [-0.25, -0.2) is 0 Å². The summed E-state index contributed by atoms with van der Waals surface area (Å²) in [6, 6.07) is 5.67. The first kappa shape index (κ1) is 12.9. The van der Waals surface area contributed by atoms with E-state index in [1.165, 1.54) is 0 Å². The zero-order chi connectivity index (χ0) is 13.5. The fourth-order valence-corrected chi connectivity index (χ4v) is 3.50. The molecule has 1 aliphatic heterocycles. The van der Waals surface area contributed by atoms with Gasteiger partial charge >= 0.3 is 0 Å². The number of aliphatic hydroxyl groups is 1. The van der Waals surface area contributed by atoms with Gasteiger partial charge in [0.15, 0.2) is 0 Å². The van der Waals surface area contributed by atoms with E-state index in [1.807, 2.05) is 18.2 Å². The largest absolute Gasteiger partial charge is 0.389 e. The lowest BCUT2D eigenvalue weighted by Crippen LogP contribution is -2.37. The summed E-state index contributed by atoms with van der Waals surface area (Å²) in [5.41, 5.74) is 1.19. The van der Waals surface area contributed by atoms with Crippen molar-refractivity contribution in [2.75, 3.05) is 11.4 Å². The van der Waals surface area contributed by atoms with E-state index in [1.54, 1.807) is 4.90 Å². The summed E-state index contributed by atoms with van der Waals surface area (Å²) in [5.74, 6) is 0.0189. The van der Waals surface area contributed by atoms with Gasteiger partial charge in [-0.3, -0.25) is 4.79 Å². The first-order chi connectivity index (χ1) is 9.09. The van der Waals surface area contributed by atoms with Crippen LogP contribution in [0.15, 0.2) is 18.2 Å². The minimum Gasteiger partial charge on any atom is -0.389 e. The minimum atomic E-state index is -0.779. The second-order valence-corrected chi connectivity index (χ2v) is 6.05. The number of hydrogen-bond acceptors (Lipinski definition) is 2. The molecule has 1 aromatic carbocycles. The molecule has 1 aromatic rings. The van der Waals surface area contributed by atoms with Gasteiger partial charge < -0.3 is 10.0 Å². The van der Waals surface area contributed by atoms with Crippen LogP contribution in [0.3, 0.4) is 0 Å². The van der Waals surface area contributed by atoms with E-state index in [4.69, 9.17) is 11.6 Å². The third-order valence-corrected chi connectivity index (χ3v) is 4.64. The Labute approximate surface area is 118 Å². The second kappa shape index (κ2) is 4.80. The molecule has 102 valence electrons. The van der Waals surface area contributed by atoms with Gasteiger partial charge in [-0.15, -0.1) is 0 Å². The van der Waals surface area contributed by atoms with Crippen molar-refractivity contribution >= 4 is 23.2 Å². The Morgan fingerprint density at radius 1 is 1.37 bits per heavy atom. The molecule has 1 saturated carbocycles. The lowest BCUT2D eigenvalue weighted by Gasteiger charge is -2.25. The fraction of sp³-hybridized carbons (Fsp3) is 0.533. The summed E-state index contributed by atoms with van der Waals surface area (Å²) in [7, 11) is 0. The average molecular weight is 280 g/mol. The number of nitrogens with zero attached hydrogens (tertiary/aromatic N) is 1. The van der Waals surface area contributed by atoms with Crippen molar-refractivity contribution in [3.05, 3.63) is 28.8 Å². The molecular formula is C15H18ClNO2. The number of benzene rings is 1. The zero-order valence-electron chi connectivity index (χ0n) is 10.9. The third-order valence-electron chi connectivity index (χ3n) is 4.29. The SMILES string of the molecule is O=C(CC1(O)CCCC1)N1CCc2c(Cl)cccc21. The number of amides is 1. The topological polar surface area (TPSA) is 40.5 Å². The Morgan fingerprint density at radius 3 is 2.84 bits per heavy atom. The molecule has 3 rings (SSSR count). The van der Waals surface area contributed by atoms with Gasteiger partial charge in [0.05, 0.1) is 12.0 Å². The van der Waals surface area contributed by atoms with Crippen molar-refractivity contribution < 1.29 is 9.90 Å². The molecule has 1 N–H and O–H groups in total. The molecule has 19 heavy (non-hydrogen) atoms. The van der Waals surface area contributed by atoms with E-state index in [9.17, 15) is 9.90 Å². The minimum absolute atomic E-state index is 0.0189. The van der Waals surface area contributed by atoms with Crippen LogP contribution in [0.4, 0.5) is 5.69 Å². The van der Waals surface area contributed by atoms with Crippen molar-refractivity contribution in [3.63, 3.8) is 0 Å². The number of rotatable bonds is 2. The zero-order valence-corrected chi connectivity index (χ0v) is 11.6. The number of hydrogen-bond donors (Lipinski definition) is 1. The number of fused-ring (bicyclic) bond motifs is 1. The van der Waals surface area contributed by atoms with Crippen LogP contribution in [0.25, 0.3) is 0 Å². The van der Waals surface area contributed by atoms with E-state index in [0.29, 0.717) is 6.54 Å². The highest BCUT2D eigenvalue weighted by Crippen LogP contribution is 2.37. The molecule has 0 bridgehead atoms. The predicted octanol–water partition coefficient (Wildman–Crippen LogP) is 2.92. The molecular weight excluding hydrogens is 262 g/mol. The van der Waals surface area contributed by atoms with Crippen LogP contribution in [-0.4, -0.2) is 23.2 Å². The molecule has 1 heterocycles. The summed E-state index contributed by atoms with van der Waals surface area (Å²) in [6.07, 6.45) is 4.57. The van der Waals surface area contributed by atoms with Crippen molar-refractivity contribution in [3.8, 4) is 0 Å². The Kier molecular flexibility index (Phi) is 3.27. The summed E-state index contributed by atoms with van der Waals surface area (Å²) in [6.45, 7) is 0.675. The number of halogens is 1. The molecule has 1 amide bonds. The molecule has 0 spiro atoms. The van der Waals surface area contributed by atoms with Crippen LogP contribution in [0.5, 0.6) is 0 Å². The molecule has 0 aromatic heterocycles. The van der Waals surface area contributed by atoms with Crippen LogP contribution in [0.2, 0.25) is 5.02 Å². The summed E-state index contributed by atoms with van der Waals surface area (Å²) >= 11 is 6.15. The van der Waals surface area contributed by atoms with E-state index in [0.717, 1.165) is 48.4 Å². The van der Waals surface area contributed by atoms with Crippen molar-refractivity contribution in [2.45, 2.75) is 44.1 Å². The Balaban J connectivity index is 1.78. The lowest BCUT2D eigenvalue weighted by atomic mass is 9.97. The first-order valence-electron chi connectivity index (χ1n) is 6.89. The Morgan fingerprint density at radius 2 is 2.11 bits per heavy atom. The second-order valence-electron chi connectivity index (χ2n) is 5.64. The maximum atomic E-state index is 12.4. The predicted molar refractivity (Wildman–Crippen MR) is 75.5 cm³/mol. The van der Waals surface area contributed by atoms with Crippen molar-refractivity contribution in [2.24, 2.45) is 0 Å². The van der Waals surface area contributed by atoms with Crippen LogP contribution in [0.1, 0.15) is 37.7 Å². The van der Waals surface area contributed by atoms with Gasteiger partial charge in [-0.1, -0.05) is 30.5 Å². The Bertz CT molecular complexity index is 509. The molecule has 4 heteroatoms. The molecule has 2 aliphatic rings. The highest BCUT2D eigenvalue weighted by atomic mass is 35.5. The lowest BCUT2D eigenvalue weighted by molar-refractivity contribution is -0.123. The van der Waals surface area contributed by atoms with Crippen LogP contribution in [-0.2, 0) is 11.2 Å². The standard InChI is InChI=1S/C15H18ClNO2/c16-12-4-3-5-13-11(12)6-9-17(13)14(18)10-15(19)7-1-2-8-15/h3-5,19H,1-2,6-10H2. The maximum absolute atomic E-state index is 12.4. The molecule has 0 radical (unpaired) electrons. The van der Waals surface area contributed by atoms with Gasteiger partial charge in [-0.2, -0.15) is 0 Å². The number of anilines is 1. The molecule has 0 atom stereocenters. The van der Waals surface area contributed by atoms with E-state index >= 15 is 0 Å². The quantitative estimate of drug-likeness (QED) is 0.904. The molecule has 0 unspecified atom stereocenters. The number of carbonyl (C=O) groups is 1. The summed E-state index contributed by atoms with van der Waals surface area (Å²) < 4.78 is 0. The van der Waals surface area contributed by atoms with Gasteiger partial charge in [-0.05, 0) is 37.0 Å². The molecule has 0 saturated heterocycles. The average Bonchev–Trinajstić information content (AvgIpc) is 2.96. The first-order valence-corrected chi connectivity index (χ1v) is 7.27. The maximum Gasteiger partial charge on any atom is 0.229 e. The van der Waals surface area contributed by atoms with Crippen molar-refractivity contribution in [1.29, 1.82) is 0 Å². The van der Waals surface area contributed by atoms with Gasteiger partial charge in [0, 0.05) is 17.3 Å². The van der Waals surface area contributed by atoms with E-state index in [2.05, 4.69) is 0 Å². The smallest absolute Gasteiger partial charge is 0.229 e. The highest BCUT2D eigenvalue weighted by molar-refractivity contribution is 6.32. The third kappa shape index (κ3) is 2.37. The normalized spacial score (nSPS) is 20.6.